The second-order valence-corrected chi connectivity index (χ2v) is 5.58. The summed E-state index contributed by atoms with van der Waals surface area (Å²) in [6.45, 7) is 1.90. The summed E-state index contributed by atoms with van der Waals surface area (Å²) in [5, 5.41) is 13.8. The number of amides is 1. The summed E-state index contributed by atoms with van der Waals surface area (Å²) in [5.74, 6) is -1.34. The molecule has 1 aliphatic carbocycles. The van der Waals surface area contributed by atoms with Gasteiger partial charge in [-0.1, -0.05) is 6.07 Å². The van der Waals surface area contributed by atoms with Crippen molar-refractivity contribution in [2.45, 2.75) is 32.2 Å². The minimum atomic E-state index is -1.14. The highest BCUT2D eigenvalue weighted by molar-refractivity contribution is 7.09. The lowest BCUT2D eigenvalue weighted by Crippen LogP contribution is -2.42. The molecular formula is C12H15NO3S. The molecule has 5 heteroatoms. The van der Waals surface area contributed by atoms with Gasteiger partial charge >= 0.3 is 5.97 Å². The van der Waals surface area contributed by atoms with Gasteiger partial charge in [-0.2, -0.15) is 0 Å². The lowest BCUT2D eigenvalue weighted by molar-refractivity contribution is -0.149. The van der Waals surface area contributed by atoms with Gasteiger partial charge in [0.1, 0.15) is 5.41 Å². The standard InChI is InChI=1S/C12H15NO3S/c1-8(7-9-3-2-6-17-9)13-10(14)12(4-5-12)11(15)16/h2-3,6,8H,4-5,7H2,1H3,(H,13,14)(H,15,16). The maximum Gasteiger partial charge on any atom is 0.319 e. The molecule has 4 nitrogen and oxygen atoms in total. The third-order valence-corrected chi connectivity index (χ3v) is 3.96. The van der Waals surface area contributed by atoms with Gasteiger partial charge < -0.3 is 10.4 Å². The second-order valence-electron chi connectivity index (χ2n) is 4.55. The van der Waals surface area contributed by atoms with Crippen molar-refractivity contribution in [1.29, 1.82) is 0 Å². The molecule has 0 saturated heterocycles. The molecule has 0 radical (unpaired) electrons. The summed E-state index contributed by atoms with van der Waals surface area (Å²) in [5.41, 5.74) is -1.14. The van der Waals surface area contributed by atoms with E-state index < -0.39 is 11.4 Å². The number of carbonyl (C=O) groups is 2. The number of carbonyl (C=O) groups excluding carboxylic acids is 1. The lowest BCUT2D eigenvalue weighted by atomic mass is 10.1. The predicted octanol–water partition coefficient (Wildman–Crippen LogP) is 1.66. The number of hydrogen-bond acceptors (Lipinski definition) is 3. The zero-order valence-corrected chi connectivity index (χ0v) is 10.4. The molecule has 1 fully saturated rings. The molecule has 1 heterocycles. The summed E-state index contributed by atoms with van der Waals surface area (Å²) in [6, 6.07) is 3.95. The molecule has 2 rings (SSSR count). The molecular weight excluding hydrogens is 238 g/mol. The van der Waals surface area contributed by atoms with E-state index in [4.69, 9.17) is 5.11 Å². The van der Waals surface area contributed by atoms with Gasteiger partial charge in [0.05, 0.1) is 0 Å². The zero-order chi connectivity index (χ0) is 12.5. The Kier molecular flexibility index (Phi) is 3.19. The van der Waals surface area contributed by atoms with Crippen molar-refractivity contribution >= 4 is 23.2 Å². The molecule has 0 bridgehead atoms. The molecule has 1 unspecified atom stereocenters. The zero-order valence-electron chi connectivity index (χ0n) is 9.60. The van der Waals surface area contributed by atoms with Crippen molar-refractivity contribution < 1.29 is 14.7 Å². The Morgan fingerprint density at radius 2 is 2.29 bits per heavy atom. The van der Waals surface area contributed by atoms with Crippen LogP contribution in [0.5, 0.6) is 0 Å². The van der Waals surface area contributed by atoms with Crippen LogP contribution in [0, 0.1) is 5.41 Å². The number of hydrogen-bond donors (Lipinski definition) is 2. The van der Waals surface area contributed by atoms with Crippen LogP contribution in [0.25, 0.3) is 0 Å². The summed E-state index contributed by atoms with van der Waals surface area (Å²) in [6.07, 6.45) is 1.67. The van der Waals surface area contributed by atoms with Gasteiger partial charge in [0, 0.05) is 17.3 Å². The van der Waals surface area contributed by atoms with E-state index in [1.165, 1.54) is 4.88 Å². The van der Waals surface area contributed by atoms with Gasteiger partial charge in [-0.15, -0.1) is 11.3 Å². The van der Waals surface area contributed by atoms with E-state index in [0.29, 0.717) is 12.8 Å². The summed E-state index contributed by atoms with van der Waals surface area (Å²) < 4.78 is 0. The minimum absolute atomic E-state index is 0.0297. The summed E-state index contributed by atoms with van der Waals surface area (Å²) >= 11 is 1.64. The largest absolute Gasteiger partial charge is 0.480 e. The van der Waals surface area contributed by atoms with E-state index in [0.717, 1.165) is 6.42 Å². The SMILES string of the molecule is CC(Cc1cccs1)NC(=O)C1(C(=O)O)CC1. The highest BCUT2D eigenvalue weighted by Gasteiger charge is 2.57. The molecule has 0 aromatic carbocycles. The van der Waals surface area contributed by atoms with E-state index in [-0.39, 0.29) is 11.9 Å². The van der Waals surface area contributed by atoms with Crippen LogP contribution in [0.4, 0.5) is 0 Å². The molecule has 17 heavy (non-hydrogen) atoms. The molecule has 1 amide bonds. The number of carboxylic acid groups (broad SMARTS) is 1. The van der Waals surface area contributed by atoms with Gasteiger partial charge in [-0.25, -0.2) is 0 Å². The lowest BCUT2D eigenvalue weighted by Gasteiger charge is -2.16. The van der Waals surface area contributed by atoms with Crippen LogP contribution in [0.3, 0.4) is 0 Å². The molecule has 1 aromatic rings. The molecule has 0 aliphatic heterocycles. The van der Waals surface area contributed by atoms with Gasteiger partial charge in [0.15, 0.2) is 0 Å². The first-order chi connectivity index (χ1) is 8.04. The highest BCUT2D eigenvalue weighted by Crippen LogP contribution is 2.46. The Morgan fingerprint density at radius 3 is 2.76 bits per heavy atom. The third kappa shape index (κ3) is 2.49. The Balaban J connectivity index is 1.89. The molecule has 1 saturated carbocycles. The van der Waals surface area contributed by atoms with Crippen LogP contribution >= 0.6 is 11.3 Å². The Morgan fingerprint density at radius 1 is 1.59 bits per heavy atom. The van der Waals surface area contributed by atoms with Gasteiger partial charge in [-0.05, 0) is 31.2 Å². The molecule has 2 N–H and O–H groups in total. The van der Waals surface area contributed by atoms with Crippen LogP contribution in [-0.2, 0) is 16.0 Å². The van der Waals surface area contributed by atoms with Gasteiger partial charge in [-0.3, -0.25) is 9.59 Å². The van der Waals surface area contributed by atoms with E-state index in [2.05, 4.69) is 5.32 Å². The number of rotatable bonds is 5. The van der Waals surface area contributed by atoms with E-state index in [1.54, 1.807) is 11.3 Å². The van der Waals surface area contributed by atoms with Crippen LogP contribution in [-0.4, -0.2) is 23.0 Å². The summed E-state index contributed by atoms with van der Waals surface area (Å²) in [7, 11) is 0. The fourth-order valence-corrected chi connectivity index (χ4v) is 2.64. The summed E-state index contributed by atoms with van der Waals surface area (Å²) in [4.78, 5) is 24.0. The first-order valence-corrected chi connectivity index (χ1v) is 6.49. The minimum Gasteiger partial charge on any atom is -0.480 e. The molecule has 1 aliphatic rings. The smallest absolute Gasteiger partial charge is 0.319 e. The monoisotopic (exact) mass is 253 g/mol. The van der Waals surface area contributed by atoms with Crippen molar-refractivity contribution in [3.05, 3.63) is 22.4 Å². The quantitative estimate of drug-likeness (QED) is 0.784. The highest BCUT2D eigenvalue weighted by atomic mass is 32.1. The van der Waals surface area contributed by atoms with Crippen molar-refractivity contribution in [3.63, 3.8) is 0 Å². The van der Waals surface area contributed by atoms with E-state index >= 15 is 0 Å². The fourth-order valence-electron chi connectivity index (χ4n) is 1.81. The maximum absolute atomic E-state index is 11.8. The first kappa shape index (κ1) is 12.1. The maximum atomic E-state index is 11.8. The van der Waals surface area contributed by atoms with Crippen molar-refractivity contribution in [2.24, 2.45) is 5.41 Å². The number of aliphatic carboxylic acids is 1. The number of thiophene rings is 1. The molecule has 0 spiro atoms. The van der Waals surface area contributed by atoms with Crippen LogP contribution in [0.2, 0.25) is 0 Å². The third-order valence-electron chi connectivity index (χ3n) is 3.06. The average molecular weight is 253 g/mol. The molecule has 1 aromatic heterocycles. The van der Waals surface area contributed by atoms with Gasteiger partial charge in [0.2, 0.25) is 5.91 Å². The number of carboxylic acids is 1. The van der Waals surface area contributed by atoms with Gasteiger partial charge in [0.25, 0.3) is 0 Å². The Hall–Kier alpha value is -1.36. The van der Waals surface area contributed by atoms with Crippen molar-refractivity contribution in [2.75, 3.05) is 0 Å². The second kappa shape index (κ2) is 4.49. The Bertz CT molecular complexity index is 423. The predicted molar refractivity (Wildman–Crippen MR) is 64.9 cm³/mol. The first-order valence-electron chi connectivity index (χ1n) is 5.61. The molecule has 92 valence electrons. The van der Waals surface area contributed by atoms with Crippen molar-refractivity contribution in [3.8, 4) is 0 Å². The molecule has 1 atom stereocenters. The van der Waals surface area contributed by atoms with E-state index in [1.807, 2.05) is 24.4 Å². The normalized spacial score (nSPS) is 18.4. The topological polar surface area (TPSA) is 66.4 Å². The number of nitrogens with one attached hydrogen (secondary N) is 1. The average Bonchev–Trinajstić information content (AvgIpc) is 2.93. The fraction of sp³-hybridized carbons (Fsp3) is 0.500. The Labute approximate surface area is 104 Å². The van der Waals surface area contributed by atoms with Crippen LogP contribution in [0.1, 0.15) is 24.6 Å². The van der Waals surface area contributed by atoms with Crippen molar-refractivity contribution in [1.82, 2.24) is 5.32 Å². The van der Waals surface area contributed by atoms with E-state index in [9.17, 15) is 9.59 Å². The van der Waals surface area contributed by atoms with Crippen LogP contribution in [0.15, 0.2) is 17.5 Å². The van der Waals surface area contributed by atoms with Crippen LogP contribution < -0.4 is 5.32 Å².